The molecule has 162 valence electrons. The van der Waals surface area contributed by atoms with Gasteiger partial charge in [-0.05, 0) is 44.6 Å². The molecular formula is C20H45N3O3Si. The third-order valence-corrected chi connectivity index (χ3v) is 6.44. The second kappa shape index (κ2) is 20.5. The smallest absolute Gasteiger partial charge is 0.369 e. The highest BCUT2D eigenvalue weighted by molar-refractivity contribution is 6.66. The molecular weight excluding hydrogens is 358 g/mol. The topological polar surface area (TPSA) is 63.8 Å². The first-order valence-corrected chi connectivity index (χ1v) is 12.7. The summed E-state index contributed by atoms with van der Waals surface area (Å²) in [5.74, 6) is 0. The van der Waals surface area contributed by atoms with Gasteiger partial charge in [-0.25, -0.2) is 0 Å². The molecule has 0 amide bonds. The standard InChI is InChI=1S/C20H45N3O3Si/c1-5-9-12-21-15-18-24-27(8-4,25-19-16-22-13-10-6-2)26-20-17-23-14-11-7-3/h8,21-23H,4-7,9-20H2,1-3H3. The van der Waals surface area contributed by atoms with Crippen LogP contribution in [0, 0.1) is 0 Å². The largest absolute Gasteiger partial charge is 0.529 e. The monoisotopic (exact) mass is 403 g/mol. The van der Waals surface area contributed by atoms with Gasteiger partial charge in [-0.2, -0.15) is 0 Å². The summed E-state index contributed by atoms with van der Waals surface area (Å²) in [6.07, 6.45) is 7.14. The van der Waals surface area contributed by atoms with Gasteiger partial charge in [0.05, 0.1) is 19.8 Å². The summed E-state index contributed by atoms with van der Waals surface area (Å²) < 4.78 is 18.2. The third kappa shape index (κ3) is 16.4. The van der Waals surface area contributed by atoms with E-state index in [0.717, 1.165) is 39.3 Å². The van der Waals surface area contributed by atoms with E-state index in [1.54, 1.807) is 5.70 Å². The molecule has 0 heterocycles. The number of nitrogens with one attached hydrogen (secondary N) is 3. The van der Waals surface area contributed by atoms with Gasteiger partial charge in [0.15, 0.2) is 0 Å². The van der Waals surface area contributed by atoms with Crippen LogP contribution in [0.3, 0.4) is 0 Å². The average molecular weight is 404 g/mol. The van der Waals surface area contributed by atoms with Crippen molar-refractivity contribution in [3.63, 3.8) is 0 Å². The number of unbranched alkanes of at least 4 members (excludes halogenated alkanes) is 3. The van der Waals surface area contributed by atoms with Crippen molar-refractivity contribution in [3.05, 3.63) is 12.3 Å². The molecule has 0 saturated heterocycles. The Kier molecular flexibility index (Phi) is 20.2. The zero-order chi connectivity index (χ0) is 20.1. The van der Waals surface area contributed by atoms with Crippen molar-refractivity contribution in [2.45, 2.75) is 59.3 Å². The van der Waals surface area contributed by atoms with Crippen molar-refractivity contribution in [1.82, 2.24) is 16.0 Å². The van der Waals surface area contributed by atoms with Crippen LogP contribution in [0.15, 0.2) is 12.3 Å². The fraction of sp³-hybridized carbons (Fsp3) is 0.900. The molecule has 0 aromatic carbocycles. The van der Waals surface area contributed by atoms with Crippen LogP contribution in [0.4, 0.5) is 0 Å². The number of rotatable bonds is 22. The van der Waals surface area contributed by atoms with Crippen LogP contribution in [-0.4, -0.2) is 67.9 Å². The molecule has 27 heavy (non-hydrogen) atoms. The van der Waals surface area contributed by atoms with Gasteiger partial charge in [-0.1, -0.05) is 46.6 Å². The lowest BCUT2D eigenvalue weighted by Crippen LogP contribution is -2.48. The van der Waals surface area contributed by atoms with Gasteiger partial charge in [0, 0.05) is 19.6 Å². The molecule has 0 aliphatic carbocycles. The Morgan fingerprint density at radius 2 is 0.963 bits per heavy atom. The summed E-state index contributed by atoms with van der Waals surface area (Å²) in [4.78, 5) is 0. The molecule has 0 spiro atoms. The van der Waals surface area contributed by atoms with E-state index in [2.05, 4.69) is 43.3 Å². The lowest BCUT2D eigenvalue weighted by molar-refractivity contribution is 0.0735. The van der Waals surface area contributed by atoms with E-state index in [-0.39, 0.29) is 0 Å². The fourth-order valence-corrected chi connectivity index (χ4v) is 4.14. The van der Waals surface area contributed by atoms with Crippen molar-refractivity contribution in [3.8, 4) is 0 Å². The number of hydrogen-bond acceptors (Lipinski definition) is 6. The highest BCUT2D eigenvalue weighted by atomic mass is 28.4. The molecule has 0 unspecified atom stereocenters. The van der Waals surface area contributed by atoms with Crippen molar-refractivity contribution >= 4 is 8.80 Å². The minimum Gasteiger partial charge on any atom is -0.369 e. The highest BCUT2D eigenvalue weighted by Gasteiger charge is 2.37. The Hall–Kier alpha value is -0.283. The van der Waals surface area contributed by atoms with E-state index in [9.17, 15) is 0 Å². The average Bonchev–Trinajstić information content (AvgIpc) is 2.69. The first kappa shape index (κ1) is 26.7. The van der Waals surface area contributed by atoms with Gasteiger partial charge in [0.1, 0.15) is 0 Å². The van der Waals surface area contributed by atoms with E-state index in [1.807, 2.05) is 0 Å². The molecule has 0 aromatic rings. The summed E-state index contributed by atoms with van der Waals surface area (Å²) in [6.45, 7) is 17.7. The lowest BCUT2D eigenvalue weighted by atomic mass is 10.3. The zero-order valence-corrected chi connectivity index (χ0v) is 19.1. The summed E-state index contributed by atoms with van der Waals surface area (Å²) in [5.41, 5.74) is 1.76. The second-order valence-corrected chi connectivity index (χ2v) is 9.15. The normalized spacial score (nSPS) is 11.8. The van der Waals surface area contributed by atoms with Gasteiger partial charge in [-0.3, -0.25) is 0 Å². The van der Waals surface area contributed by atoms with Gasteiger partial charge >= 0.3 is 8.80 Å². The van der Waals surface area contributed by atoms with Gasteiger partial charge in [-0.15, -0.1) is 0 Å². The molecule has 7 heteroatoms. The number of hydrogen-bond donors (Lipinski definition) is 3. The molecule has 0 aromatic heterocycles. The van der Waals surface area contributed by atoms with Crippen LogP contribution in [0.5, 0.6) is 0 Å². The Labute approximate surface area is 169 Å². The molecule has 0 saturated carbocycles. The first-order chi connectivity index (χ1) is 13.2. The summed E-state index contributed by atoms with van der Waals surface area (Å²) in [6, 6.07) is 0. The highest BCUT2D eigenvalue weighted by Crippen LogP contribution is 2.10. The van der Waals surface area contributed by atoms with Crippen LogP contribution in [0.1, 0.15) is 59.3 Å². The van der Waals surface area contributed by atoms with E-state index >= 15 is 0 Å². The van der Waals surface area contributed by atoms with E-state index < -0.39 is 8.80 Å². The van der Waals surface area contributed by atoms with Crippen molar-refractivity contribution in [2.24, 2.45) is 0 Å². The van der Waals surface area contributed by atoms with Crippen LogP contribution >= 0.6 is 0 Å². The first-order valence-electron chi connectivity index (χ1n) is 10.9. The summed E-state index contributed by atoms with van der Waals surface area (Å²) in [5, 5.41) is 10.2. The van der Waals surface area contributed by atoms with E-state index in [0.29, 0.717) is 19.8 Å². The van der Waals surface area contributed by atoms with Crippen molar-refractivity contribution < 1.29 is 13.3 Å². The molecule has 0 aliphatic heterocycles. The minimum absolute atomic E-state index is 0.578. The fourth-order valence-electron chi connectivity index (χ4n) is 2.38. The quantitative estimate of drug-likeness (QED) is 0.191. The molecule has 0 atom stereocenters. The Morgan fingerprint density at radius 3 is 1.22 bits per heavy atom. The SMILES string of the molecule is C=C[Si](OCCNCCCC)(OCCNCCCC)OCCNCCCC. The van der Waals surface area contributed by atoms with Crippen LogP contribution < -0.4 is 16.0 Å². The van der Waals surface area contributed by atoms with Gasteiger partial charge in [0.25, 0.3) is 0 Å². The van der Waals surface area contributed by atoms with Crippen LogP contribution in [0.25, 0.3) is 0 Å². The van der Waals surface area contributed by atoms with Gasteiger partial charge in [0.2, 0.25) is 0 Å². The van der Waals surface area contributed by atoms with E-state index in [4.69, 9.17) is 13.3 Å². The Bertz CT molecular complexity index is 282. The van der Waals surface area contributed by atoms with Crippen LogP contribution in [0.2, 0.25) is 0 Å². The Balaban J connectivity index is 4.25. The molecule has 3 N–H and O–H groups in total. The van der Waals surface area contributed by atoms with E-state index in [1.165, 1.54) is 38.5 Å². The predicted molar refractivity (Wildman–Crippen MR) is 117 cm³/mol. The molecule has 0 bridgehead atoms. The van der Waals surface area contributed by atoms with Crippen molar-refractivity contribution in [2.75, 3.05) is 59.1 Å². The predicted octanol–water partition coefficient (Wildman–Crippen LogP) is 2.87. The summed E-state index contributed by atoms with van der Waals surface area (Å²) >= 11 is 0. The summed E-state index contributed by atoms with van der Waals surface area (Å²) in [7, 11) is -2.83. The third-order valence-electron chi connectivity index (χ3n) is 4.12. The molecule has 6 nitrogen and oxygen atoms in total. The maximum Gasteiger partial charge on any atom is 0.529 e. The molecule has 0 fully saturated rings. The zero-order valence-electron chi connectivity index (χ0n) is 18.1. The molecule has 0 aliphatic rings. The minimum atomic E-state index is -2.83. The maximum atomic E-state index is 6.07. The lowest BCUT2D eigenvalue weighted by Gasteiger charge is -2.27. The van der Waals surface area contributed by atoms with Crippen molar-refractivity contribution in [1.29, 1.82) is 0 Å². The van der Waals surface area contributed by atoms with Crippen LogP contribution in [-0.2, 0) is 13.3 Å². The molecule has 0 rings (SSSR count). The Morgan fingerprint density at radius 1 is 0.630 bits per heavy atom. The molecule has 0 radical (unpaired) electrons. The van der Waals surface area contributed by atoms with Gasteiger partial charge < -0.3 is 29.2 Å². The maximum absolute atomic E-state index is 6.07. The second-order valence-electron chi connectivity index (χ2n) is 6.66.